The molecule has 1 aromatic heterocycles. The maximum atomic E-state index is 6.42. The van der Waals surface area contributed by atoms with Gasteiger partial charge in [-0.15, -0.1) is 0 Å². The lowest BCUT2D eigenvalue weighted by Crippen LogP contribution is -2.51. The van der Waals surface area contributed by atoms with Gasteiger partial charge in [0.15, 0.2) is 0 Å². The van der Waals surface area contributed by atoms with Crippen LogP contribution in [0.2, 0.25) is 0 Å². The molecule has 19 heavy (non-hydrogen) atoms. The van der Waals surface area contributed by atoms with Crippen molar-refractivity contribution in [2.45, 2.75) is 24.9 Å². The van der Waals surface area contributed by atoms with Gasteiger partial charge >= 0.3 is 0 Å². The number of hydrogen-bond acceptors (Lipinski definition) is 4. The highest BCUT2D eigenvalue weighted by molar-refractivity contribution is 9.10. The Labute approximate surface area is 124 Å². The van der Waals surface area contributed by atoms with Crippen LogP contribution in [0.3, 0.4) is 0 Å². The smallest absolute Gasteiger partial charge is 0.0420 e. The molecule has 4 nitrogen and oxygen atoms in total. The summed E-state index contributed by atoms with van der Waals surface area (Å²) in [4.78, 5) is 9.20. The summed E-state index contributed by atoms with van der Waals surface area (Å²) < 4.78 is 1.01. The third-order valence-electron chi connectivity index (χ3n) is 3.84. The molecule has 5 heteroatoms. The highest BCUT2D eigenvalue weighted by Gasteiger charge is 2.26. The Bertz CT molecular complexity index is 395. The molecule has 0 bridgehead atoms. The first-order valence-corrected chi connectivity index (χ1v) is 7.60. The fourth-order valence-electron chi connectivity index (χ4n) is 2.67. The van der Waals surface area contributed by atoms with Gasteiger partial charge in [-0.1, -0.05) is 0 Å². The topological polar surface area (TPSA) is 45.4 Å². The van der Waals surface area contributed by atoms with Gasteiger partial charge in [0.2, 0.25) is 0 Å². The lowest BCUT2D eigenvalue weighted by molar-refractivity contribution is 0.194. The Kier molecular flexibility index (Phi) is 5.33. The first-order chi connectivity index (χ1) is 9.06. The van der Waals surface area contributed by atoms with Crippen LogP contribution in [0, 0.1) is 0 Å². The molecule has 1 saturated heterocycles. The number of nitrogens with two attached hydrogens (primary N) is 1. The number of likely N-dealkylation sites (N-methyl/N-ethyl adjacent to an activating group) is 2. The number of rotatable bonds is 3. The van der Waals surface area contributed by atoms with E-state index in [1.807, 2.05) is 18.3 Å². The van der Waals surface area contributed by atoms with E-state index in [1.165, 1.54) is 6.42 Å². The second-order valence-corrected chi connectivity index (χ2v) is 6.42. The number of hydrogen-bond donors (Lipinski definition) is 1. The molecule has 0 radical (unpaired) electrons. The SMILES string of the molecule is CN1CCCN(C)C(C(N)Cc2ccc(Br)cn2)C1. The summed E-state index contributed by atoms with van der Waals surface area (Å²) in [5.41, 5.74) is 7.49. The Morgan fingerprint density at radius 1 is 1.42 bits per heavy atom. The number of nitrogens with zero attached hydrogens (tertiary/aromatic N) is 3. The molecular formula is C14H23BrN4. The highest BCUT2D eigenvalue weighted by Crippen LogP contribution is 2.13. The molecule has 2 heterocycles. The van der Waals surface area contributed by atoms with Crippen LogP contribution >= 0.6 is 15.9 Å². The summed E-state index contributed by atoms with van der Waals surface area (Å²) in [6.07, 6.45) is 3.88. The predicted octanol–water partition coefficient (Wildman–Crippen LogP) is 1.35. The summed E-state index contributed by atoms with van der Waals surface area (Å²) in [6, 6.07) is 4.60. The highest BCUT2D eigenvalue weighted by atomic mass is 79.9. The van der Waals surface area contributed by atoms with E-state index < -0.39 is 0 Å². The zero-order valence-electron chi connectivity index (χ0n) is 11.7. The first-order valence-electron chi connectivity index (χ1n) is 6.81. The lowest BCUT2D eigenvalue weighted by atomic mass is 10.0. The fraction of sp³-hybridized carbons (Fsp3) is 0.643. The number of halogens is 1. The van der Waals surface area contributed by atoms with Crippen LogP contribution < -0.4 is 5.73 Å². The van der Waals surface area contributed by atoms with E-state index in [0.29, 0.717) is 6.04 Å². The Balaban J connectivity index is 2.00. The maximum Gasteiger partial charge on any atom is 0.0420 e. The van der Waals surface area contributed by atoms with Crippen molar-refractivity contribution in [3.8, 4) is 0 Å². The van der Waals surface area contributed by atoms with Gasteiger partial charge in [0.05, 0.1) is 0 Å². The summed E-state index contributed by atoms with van der Waals surface area (Å²) in [6.45, 7) is 3.31. The fourth-order valence-corrected chi connectivity index (χ4v) is 2.91. The van der Waals surface area contributed by atoms with Crippen LogP contribution in [-0.2, 0) is 6.42 Å². The van der Waals surface area contributed by atoms with Gasteiger partial charge in [0.1, 0.15) is 0 Å². The van der Waals surface area contributed by atoms with Crippen molar-refractivity contribution in [2.75, 3.05) is 33.7 Å². The summed E-state index contributed by atoms with van der Waals surface area (Å²) in [7, 11) is 4.36. The first kappa shape index (κ1) is 14.9. The summed E-state index contributed by atoms with van der Waals surface area (Å²) in [5.74, 6) is 0. The molecule has 0 saturated carbocycles. The minimum absolute atomic E-state index is 0.124. The number of pyridine rings is 1. The van der Waals surface area contributed by atoms with Crippen molar-refractivity contribution in [2.24, 2.45) is 5.73 Å². The van der Waals surface area contributed by atoms with E-state index >= 15 is 0 Å². The van der Waals surface area contributed by atoms with Crippen LogP contribution in [0.5, 0.6) is 0 Å². The van der Waals surface area contributed by atoms with Gasteiger partial charge in [0.25, 0.3) is 0 Å². The third kappa shape index (κ3) is 4.24. The van der Waals surface area contributed by atoms with Crippen molar-refractivity contribution in [3.63, 3.8) is 0 Å². The van der Waals surface area contributed by atoms with E-state index in [4.69, 9.17) is 5.73 Å². The van der Waals surface area contributed by atoms with Crippen molar-refractivity contribution in [1.82, 2.24) is 14.8 Å². The maximum absolute atomic E-state index is 6.42. The Morgan fingerprint density at radius 2 is 2.21 bits per heavy atom. The standard InChI is InChI=1S/C14H23BrN4/c1-18-6-3-7-19(2)14(10-18)13(16)8-12-5-4-11(15)9-17-12/h4-5,9,13-14H,3,6-8,10,16H2,1-2H3. The zero-order valence-corrected chi connectivity index (χ0v) is 13.3. The molecule has 1 fully saturated rings. The molecule has 1 aliphatic rings. The Morgan fingerprint density at radius 3 is 2.89 bits per heavy atom. The second-order valence-electron chi connectivity index (χ2n) is 5.50. The van der Waals surface area contributed by atoms with Crippen LogP contribution in [0.1, 0.15) is 12.1 Å². The van der Waals surface area contributed by atoms with Crippen LogP contribution in [-0.4, -0.2) is 60.6 Å². The third-order valence-corrected chi connectivity index (χ3v) is 4.31. The van der Waals surface area contributed by atoms with Crippen molar-refractivity contribution >= 4 is 15.9 Å². The molecule has 0 spiro atoms. The van der Waals surface area contributed by atoms with E-state index in [2.05, 4.69) is 44.8 Å². The normalized spacial score (nSPS) is 24.1. The van der Waals surface area contributed by atoms with Gasteiger partial charge in [-0.05, 0) is 61.7 Å². The summed E-state index contributed by atoms with van der Waals surface area (Å²) >= 11 is 3.41. The van der Waals surface area contributed by atoms with Crippen LogP contribution in [0.4, 0.5) is 0 Å². The lowest BCUT2D eigenvalue weighted by Gasteiger charge is -2.32. The van der Waals surface area contributed by atoms with Crippen LogP contribution in [0.25, 0.3) is 0 Å². The second kappa shape index (κ2) is 6.79. The average molecular weight is 327 g/mol. The molecule has 2 unspecified atom stereocenters. The van der Waals surface area contributed by atoms with Gasteiger partial charge in [-0.3, -0.25) is 4.98 Å². The van der Waals surface area contributed by atoms with E-state index in [9.17, 15) is 0 Å². The average Bonchev–Trinajstić information content (AvgIpc) is 2.54. The molecule has 2 rings (SSSR count). The van der Waals surface area contributed by atoms with Gasteiger partial charge < -0.3 is 15.5 Å². The van der Waals surface area contributed by atoms with Gasteiger partial charge in [-0.2, -0.15) is 0 Å². The molecule has 0 aromatic carbocycles. The molecule has 0 amide bonds. The van der Waals surface area contributed by atoms with E-state index in [-0.39, 0.29) is 6.04 Å². The minimum Gasteiger partial charge on any atom is -0.326 e. The van der Waals surface area contributed by atoms with E-state index in [0.717, 1.165) is 36.2 Å². The van der Waals surface area contributed by atoms with E-state index in [1.54, 1.807) is 0 Å². The largest absolute Gasteiger partial charge is 0.326 e. The Hall–Kier alpha value is -0.490. The monoisotopic (exact) mass is 326 g/mol. The molecule has 1 aromatic rings. The molecule has 2 atom stereocenters. The number of aromatic nitrogens is 1. The molecular weight excluding hydrogens is 304 g/mol. The molecule has 106 valence electrons. The molecule has 2 N–H and O–H groups in total. The molecule has 1 aliphatic heterocycles. The quantitative estimate of drug-likeness (QED) is 0.910. The summed E-state index contributed by atoms with van der Waals surface area (Å²) in [5, 5.41) is 0. The predicted molar refractivity (Wildman–Crippen MR) is 82.1 cm³/mol. The zero-order chi connectivity index (χ0) is 13.8. The van der Waals surface area contributed by atoms with Crippen LogP contribution in [0.15, 0.2) is 22.8 Å². The minimum atomic E-state index is 0.124. The van der Waals surface area contributed by atoms with Crippen molar-refractivity contribution in [1.29, 1.82) is 0 Å². The van der Waals surface area contributed by atoms with Crippen molar-refractivity contribution in [3.05, 3.63) is 28.5 Å². The molecule has 0 aliphatic carbocycles. The van der Waals surface area contributed by atoms with Gasteiger partial charge in [-0.25, -0.2) is 0 Å². The van der Waals surface area contributed by atoms with Gasteiger partial charge in [0, 0.05) is 41.4 Å². The van der Waals surface area contributed by atoms with Crippen molar-refractivity contribution < 1.29 is 0 Å².